The Morgan fingerprint density at radius 1 is 0.562 bits per heavy atom. The maximum absolute atomic E-state index is 11.6. The molecule has 4 amide bonds. The van der Waals surface area contributed by atoms with Gasteiger partial charge < -0.3 is 9.47 Å². The lowest BCUT2D eigenvalue weighted by molar-refractivity contribution is -0.0690. The summed E-state index contributed by atoms with van der Waals surface area (Å²) in [7, 11) is 2.17. The third kappa shape index (κ3) is 3.96. The number of amides is 4. The third-order valence-electron chi connectivity index (χ3n) is 4.18. The topological polar surface area (TPSA) is 146 Å². The van der Waals surface area contributed by atoms with E-state index < -0.39 is 35.9 Å². The Labute approximate surface area is 179 Å². The Balaban J connectivity index is 0.000000181. The van der Waals surface area contributed by atoms with Crippen molar-refractivity contribution in [2.45, 2.75) is 0 Å². The number of methoxy groups -OCH3 is 2. The molecular formula is C20H14N2O10. The Morgan fingerprint density at radius 3 is 1.03 bits per heavy atom. The lowest BCUT2D eigenvalue weighted by Crippen LogP contribution is -2.32. The lowest BCUT2D eigenvalue weighted by atomic mass is 10.1. The average molecular weight is 442 g/mol. The van der Waals surface area contributed by atoms with Crippen LogP contribution in [0.4, 0.5) is 9.59 Å². The fraction of sp³-hybridized carbons (Fsp3) is 0.100. The zero-order valence-corrected chi connectivity index (χ0v) is 16.6. The number of hydroxylamine groups is 4. The van der Waals surface area contributed by atoms with Gasteiger partial charge in [-0.2, -0.15) is 0 Å². The second-order valence-electron chi connectivity index (χ2n) is 5.99. The molecule has 0 unspecified atom stereocenters. The molecule has 0 bridgehead atoms. The van der Waals surface area contributed by atoms with E-state index in [-0.39, 0.29) is 22.3 Å². The molecule has 2 aromatic rings. The molecule has 12 heteroatoms. The Kier molecular flexibility index (Phi) is 6.14. The van der Waals surface area contributed by atoms with Crippen molar-refractivity contribution in [1.82, 2.24) is 10.1 Å². The summed E-state index contributed by atoms with van der Waals surface area (Å²) in [6.07, 6.45) is -2.23. The molecule has 2 heterocycles. The van der Waals surface area contributed by atoms with Crippen LogP contribution in [0, 0.1) is 0 Å². The van der Waals surface area contributed by atoms with E-state index in [0.29, 0.717) is 10.1 Å². The van der Waals surface area contributed by atoms with Gasteiger partial charge in [0.25, 0.3) is 23.6 Å². The van der Waals surface area contributed by atoms with Gasteiger partial charge >= 0.3 is 12.3 Å². The molecular weight excluding hydrogens is 428 g/mol. The fourth-order valence-electron chi connectivity index (χ4n) is 2.72. The van der Waals surface area contributed by atoms with Crippen molar-refractivity contribution in [2.75, 3.05) is 14.2 Å². The average Bonchev–Trinajstić information content (AvgIpc) is 3.20. The molecule has 164 valence electrons. The van der Waals surface area contributed by atoms with Gasteiger partial charge in [0.15, 0.2) is 0 Å². The fourth-order valence-corrected chi connectivity index (χ4v) is 2.72. The molecule has 2 aromatic carbocycles. The molecule has 4 rings (SSSR count). The predicted molar refractivity (Wildman–Crippen MR) is 101 cm³/mol. The molecule has 2 aliphatic rings. The summed E-state index contributed by atoms with van der Waals surface area (Å²) in [6, 6.07) is 12.4. The van der Waals surface area contributed by atoms with Crippen LogP contribution in [0.1, 0.15) is 41.4 Å². The van der Waals surface area contributed by atoms with Crippen molar-refractivity contribution in [3.8, 4) is 0 Å². The number of carbonyl (C=O) groups is 6. The first-order valence-electron chi connectivity index (χ1n) is 8.77. The number of carbonyl (C=O) groups excluding carboxylic acids is 6. The number of ether oxygens (including phenoxy) is 2. The van der Waals surface area contributed by atoms with E-state index >= 15 is 0 Å². The zero-order valence-electron chi connectivity index (χ0n) is 16.6. The highest BCUT2D eigenvalue weighted by molar-refractivity contribution is 6.21. The largest absolute Gasteiger partial charge is 0.533 e. The summed E-state index contributed by atoms with van der Waals surface area (Å²) in [5.41, 5.74) is 0.820. The second kappa shape index (κ2) is 8.95. The van der Waals surface area contributed by atoms with Gasteiger partial charge in [-0.05, 0) is 24.3 Å². The van der Waals surface area contributed by atoms with Gasteiger partial charge in [0.2, 0.25) is 0 Å². The predicted octanol–water partition coefficient (Wildman–Crippen LogP) is 1.96. The summed E-state index contributed by atoms with van der Waals surface area (Å²) in [4.78, 5) is 77.0. The van der Waals surface area contributed by atoms with E-state index in [0.717, 1.165) is 14.2 Å². The Bertz CT molecular complexity index is 983. The highest BCUT2D eigenvalue weighted by Crippen LogP contribution is 2.23. The molecule has 2 aliphatic heterocycles. The lowest BCUT2D eigenvalue weighted by Gasteiger charge is -2.10. The molecule has 0 saturated heterocycles. The van der Waals surface area contributed by atoms with Crippen LogP contribution in [0.25, 0.3) is 0 Å². The van der Waals surface area contributed by atoms with E-state index in [9.17, 15) is 28.8 Å². The first-order valence-corrected chi connectivity index (χ1v) is 8.77. The molecule has 0 aromatic heterocycles. The van der Waals surface area contributed by atoms with Gasteiger partial charge in [-0.3, -0.25) is 28.9 Å². The maximum atomic E-state index is 11.6. The molecule has 0 atom stereocenters. The SMILES string of the molecule is COC(=O)ON1C(=O)c2ccccc2C1=O.COC(=O)ON1C(=O)c2ccccc2C1=O. The van der Waals surface area contributed by atoms with Crippen molar-refractivity contribution in [1.29, 1.82) is 0 Å². The number of rotatable bonds is 2. The van der Waals surface area contributed by atoms with Crippen LogP contribution in [0.15, 0.2) is 48.5 Å². The molecule has 12 nitrogen and oxygen atoms in total. The van der Waals surface area contributed by atoms with Gasteiger partial charge in [-0.1, -0.05) is 34.4 Å². The van der Waals surface area contributed by atoms with E-state index in [1.54, 1.807) is 24.3 Å². The normalized spacial score (nSPS) is 13.7. The first kappa shape index (κ1) is 22.0. The van der Waals surface area contributed by atoms with Gasteiger partial charge in [-0.15, -0.1) is 0 Å². The highest BCUT2D eigenvalue weighted by atomic mass is 16.8. The van der Waals surface area contributed by atoms with Crippen LogP contribution in [0.2, 0.25) is 0 Å². The molecule has 0 spiro atoms. The monoisotopic (exact) mass is 442 g/mol. The molecule has 0 aliphatic carbocycles. The summed E-state index contributed by atoms with van der Waals surface area (Å²) >= 11 is 0. The maximum Gasteiger partial charge on any atom is 0.533 e. The van der Waals surface area contributed by atoms with E-state index in [1.165, 1.54) is 24.3 Å². The minimum absolute atomic E-state index is 0.205. The molecule has 0 N–H and O–H groups in total. The van der Waals surface area contributed by atoms with Crippen LogP contribution in [0.5, 0.6) is 0 Å². The van der Waals surface area contributed by atoms with Crippen molar-refractivity contribution < 1.29 is 47.9 Å². The van der Waals surface area contributed by atoms with Crippen molar-refractivity contribution in [3.63, 3.8) is 0 Å². The summed E-state index contributed by atoms with van der Waals surface area (Å²) in [5, 5.41) is 0.771. The van der Waals surface area contributed by atoms with E-state index in [1.807, 2.05) is 0 Å². The number of hydrogen-bond acceptors (Lipinski definition) is 10. The van der Waals surface area contributed by atoms with Crippen molar-refractivity contribution in [3.05, 3.63) is 70.8 Å². The van der Waals surface area contributed by atoms with Crippen molar-refractivity contribution in [2.24, 2.45) is 0 Å². The number of hydrogen-bond donors (Lipinski definition) is 0. The van der Waals surface area contributed by atoms with Crippen molar-refractivity contribution >= 4 is 35.9 Å². The summed E-state index contributed by atoms with van der Waals surface area (Å²) < 4.78 is 8.40. The minimum atomic E-state index is -1.12. The van der Waals surface area contributed by atoms with Crippen LogP contribution in [-0.4, -0.2) is 60.3 Å². The first-order chi connectivity index (χ1) is 15.3. The molecule has 0 radical (unpaired) electrons. The van der Waals surface area contributed by atoms with E-state index in [4.69, 9.17) is 0 Å². The van der Waals surface area contributed by atoms with Crippen LogP contribution < -0.4 is 0 Å². The van der Waals surface area contributed by atoms with Gasteiger partial charge in [-0.25, -0.2) is 9.59 Å². The summed E-state index contributed by atoms with van der Waals surface area (Å²) in [6.45, 7) is 0. The van der Waals surface area contributed by atoms with Gasteiger partial charge in [0, 0.05) is 0 Å². The molecule has 0 saturated carbocycles. The highest BCUT2D eigenvalue weighted by Gasteiger charge is 2.39. The summed E-state index contributed by atoms with van der Waals surface area (Å²) in [5.74, 6) is -2.70. The number of nitrogens with zero attached hydrogens (tertiary/aromatic N) is 2. The van der Waals surface area contributed by atoms with E-state index in [2.05, 4.69) is 19.1 Å². The molecule has 32 heavy (non-hydrogen) atoms. The minimum Gasteiger partial charge on any atom is -0.436 e. The smallest absolute Gasteiger partial charge is 0.436 e. The number of benzene rings is 2. The number of imide groups is 2. The second-order valence-corrected chi connectivity index (χ2v) is 5.99. The van der Waals surface area contributed by atoms with Gasteiger partial charge in [0.05, 0.1) is 36.5 Å². The third-order valence-corrected chi connectivity index (χ3v) is 4.18. The van der Waals surface area contributed by atoms with Crippen LogP contribution in [-0.2, 0) is 19.1 Å². The Morgan fingerprint density at radius 2 is 0.812 bits per heavy atom. The van der Waals surface area contributed by atoms with Crippen LogP contribution >= 0.6 is 0 Å². The quantitative estimate of drug-likeness (QED) is 0.499. The zero-order chi connectivity index (χ0) is 23.4. The molecule has 0 fully saturated rings. The van der Waals surface area contributed by atoms with Gasteiger partial charge in [0.1, 0.15) is 0 Å². The Hall–Kier alpha value is -4.74. The number of fused-ring (bicyclic) bond motifs is 2. The standard InChI is InChI=1S/2C10H7NO5/c2*1-15-10(14)16-11-8(12)6-4-2-3-5-7(6)9(11)13/h2*2-5H,1H3. The van der Waals surface area contributed by atoms with Crippen LogP contribution in [0.3, 0.4) is 0 Å².